The second-order valence-electron chi connectivity index (χ2n) is 3.47. The zero-order chi connectivity index (χ0) is 10.8. The van der Waals surface area contributed by atoms with E-state index < -0.39 is 5.97 Å². The van der Waals surface area contributed by atoms with E-state index in [1.807, 2.05) is 0 Å². The summed E-state index contributed by atoms with van der Waals surface area (Å²) in [6, 6.07) is 0. The van der Waals surface area contributed by atoms with Gasteiger partial charge >= 0.3 is 5.97 Å². The highest BCUT2D eigenvalue weighted by atomic mass is 16.4. The molecule has 2 heteroatoms. The van der Waals surface area contributed by atoms with Crippen LogP contribution in [0.1, 0.15) is 39.0 Å². The van der Waals surface area contributed by atoms with Gasteiger partial charge in [-0.05, 0) is 25.7 Å². The molecule has 2 nitrogen and oxygen atoms in total. The van der Waals surface area contributed by atoms with Gasteiger partial charge < -0.3 is 5.11 Å². The van der Waals surface area contributed by atoms with Crippen LogP contribution in [0.3, 0.4) is 0 Å². The smallest absolute Gasteiger partial charge is 0.327 e. The van der Waals surface area contributed by atoms with Gasteiger partial charge in [-0.25, -0.2) is 4.79 Å². The minimum absolute atomic E-state index is 0.833. The van der Waals surface area contributed by atoms with Crippen molar-refractivity contribution in [2.24, 2.45) is 5.92 Å². The van der Waals surface area contributed by atoms with Crippen molar-refractivity contribution in [1.82, 2.24) is 0 Å². The topological polar surface area (TPSA) is 37.3 Å². The summed E-state index contributed by atoms with van der Waals surface area (Å²) in [5.41, 5.74) is 0. The van der Waals surface area contributed by atoms with Gasteiger partial charge in [-0.3, -0.25) is 0 Å². The Bertz CT molecular complexity index is 188. The number of allylic oxidation sites excluding steroid dienone is 2. The molecule has 1 N–H and O–H groups in total. The van der Waals surface area contributed by atoms with E-state index in [-0.39, 0.29) is 0 Å². The van der Waals surface area contributed by atoms with Gasteiger partial charge in [0.25, 0.3) is 0 Å². The number of carbonyl (C=O) groups is 1. The molecule has 0 bridgehead atoms. The molecule has 0 aromatic carbocycles. The maximum Gasteiger partial charge on any atom is 0.327 e. The summed E-state index contributed by atoms with van der Waals surface area (Å²) < 4.78 is 0. The molecule has 0 heterocycles. The Hall–Kier alpha value is -1.05. The zero-order valence-electron chi connectivity index (χ0n) is 8.91. The minimum atomic E-state index is -0.981. The normalized spacial score (nSPS) is 17.2. The van der Waals surface area contributed by atoms with Gasteiger partial charge in [0, 0.05) is 6.08 Å². The summed E-state index contributed by atoms with van der Waals surface area (Å²) in [6.45, 7) is 5.08. The Morgan fingerprint density at radius 2 is 1.86 bits per heavy atom. The molecule has 0 aromatic rings. The molecule has 1 saturated carbocycles. The van der Waals surface area contributed by atoms with Crippen molar-refractivity contribution in [2.75, 3.05) is 0 Å². The highest BCUT2D eigenvalue weighted by molar-refractivity contribution is 5.78. The highest BCUT2D eigenvalue weighted by Gasteiger charge is 2.08. The van der Waals surface area contributed by atoms with Crippen molar-refractivity contribution in [3.8, 4) is 0 Å². The molecule has 0 unspecified atom stereocenters. The molecular weight excluding hydrogens is 176 g/mol. The molecule has 0 amide bonds. The van der Waals surface area contributed by atoms with E-state index in [4.69, 9.17) is 5.11 Å². The number of aliphatic carboxylic acids is 1. The average Bonchev–Trinajstić information content (AvgIpc) is 2.21. The van der Waals surface area contributed by atoms with E-state index in [0.717, 1.165) is 12.0 Å². The molecule has 1 rings (SSSR count). The number of carboxylic acids is 1. The minimum Gasteiger partial charge on any atom is -0.478 e. The summed E-state index contributed by atoms with van der Waals surface area (Å²) in [5, 5.41) is 7.60. The average molecular weight is 196 g/mol. The van der Waals surface area contributed by atoms with Crippen LogP contribution in [0, 0.1) is 5.92 Å². The number of hydrogen-bond donors (Lipinski definition) is 1. The summed E-state index contributed by atoms with van der Waals surface area (Å²) >= 11 is 0. The fourth-order valence-corrected chi connectivity index (χ4v) is 1.60. The Morgan fingerprint density at radius 1 is 1.36 bits per heavy atom. The highest BCUT2D eigenvalue weighted by Crippen LogP contribution is 2.24. The Kier molecular flexibility index (Phi) is 7.90. The molecule has 1 fully saturated rings. The van der Waals surface area contributed by atoms with Crippen LogP contribution in [0.15, 0.2) is 24.8 Å². The van der Waals surface area contributed by atoms with Crippen molar-refractivity contribution in [2.45, 2.75) is 39.0 Å². The lowest BCUT2D eigenvalue weighted by Crippen LogP contribution is -2.01. The van der Waals surface area contributed by atoms with E-state index in [2.05, 4.69) is 25.7 Å². The standard InChI is InChI=1S/C9H16.C3H4O2/c1-2-6-9-7-4-3-5-8-9;1-2-3(4)5/h2,6,9H,3-5,7-8H2,1H3;2H,1H2,(H,4,5). The largest absolute Gasteiger partial charge is 0.478 e. The lowest BCUT2D eigenvalue weighted by atomic mass is 9.89. The van der Waals surface area contributed by atoms with Crippen molar-refractivity contribution in [3.05, 3.63) is 24.8 Å². The lowest BCUT2D eigenvalue weighted by Gasteiger charge is -2.17. The molecule has 80 valence electrons. The summed E-state index contributed by atoms with van der Waals surface area (Å²) in [7, 11) is 0. The van der Waals surface area contributed by atoms with Crippen LogP contribution < -0.4 is 0 Å². The van der Waals surface area contributed by atoms with Gasteiger partial charge in [-0.15, -0.1) is 0 Å². The predicted octanol–water partition coefficient (Wildman–Crippen LogP) is 3.40. The Morgan fingerprint density at radius 3 is 2.21 bits per heavy atom. The fraction of sp³-hybridized carbons (Fsp3) is 0.583. The van der Waals surface area contributed by atoms with Gasteiger partial charge in [0.2, 0.25) is 0 Å². The van der Waals surface area contributed by atoms with Crippen LogP contribution in [0.4, 0.5) is 0 Å². The van der Waals surface area contributed by atoms with Gasteiger partial charge in [0.05, 0.1) is 0 Å². The quantitative estimate of drug-likeness (QED) is 0.543. The van der Waals surface area contributed by atoms with Gasteiger partial charge in [-0.2, -0.15) is 0 Å². The first-order chi connectivity index (χ1) is 6.70. The first-order valence-electron chi connectivity index (χ1n) is 5.19. The van der Waals surface area contributed by atoms with Crippen LogP contribution in [-0.2, 0) is 4.79 Å². The SMILES string of the molecule is C=CC(=O)O.CC=CC1CCCCC1. The summed E-state index contributed by atoms with van der Waals surface area (Å²) in [5.74, 6) is -0.0613. The molecule has 0 aliphatic heterocycles. The first-order valence-corrected chi connectivity index (χ1v) is 5.19. The molecule has 0 spiro atoms. The van der Waals surface area contributed by atoms with Crippen LogP contribution in [0.5, 0.6) is 0 Å². The third kappa shape index (κ3) is 7.59. The maximum atomic E-state index is 9.25. The van der Waals surface area contributed by atoms with E-state index in [1.54, 1.807) is 0 Å². The maximum absolute atomic E-state index is 9.25. The van der Waals surface area contributed by atoms with Gasteiger partial charge in [0.1, 0.15) is 0 Å². The molecule has 0 aromatic heterocycles. The molecule has 0 saturated heterocycles. The van der Waals surface area contributed by atoms with Crippen LogP contribution in [-0.4, -0.2) is 11.1 Å². The predicted molar refractivity (Wildman–Crippen MR) is 59.2 cm³/mol. The van der Waals surface area contributed by atoms with Gasteiger partial charge in [-0.1, -0.05) is 38.0 Å². The van der Waals surface area contributed by atoms with E-state index >= 15 is 0 Å². The second-order valence-corrected chi connectivity index (χ2v) is 3.47. The molecular formula is C12H20O2. The zero-order valence-corrected chi connectivity index (χ0v) is 8.91. The summed E-state index contributed by atoms with van der Waals surface area (Å²) in [6.07, 6.45) is 12.6. The molecule has 1 aliphatic carbocycles. The van der Waals surface area contributed by atoms with Crippen molar-refractivity contribution >= 4 is 5.97 Å². The number of hydrogen-bond acceptors (Lipinski definition) is 1. The molecule has 1 aliphatic rings. The second kappa shape index (κ2) is 8.54. The Labute approximate surface area is 86.3 Å². The first kappa shape index (κ1) is 12.9. The number of carboxylic acid groups (broad SMARTS) is 1. The van der Waals surface area contributed by atoms with E-state index in [1.165, 1.54) is 32.1 Å². The molecule has 14 heavy (non-hydrogen) atoms. The molecule has 0 atom stereocenters. The number of rotatable bonds is 2. The Balaban J connectivity index is 0.000000292. The van der Waals surface area contributed by atoms with Crippen molar-refractivity contribution in [3.63, 3.8) is 0 Å². The van der Waals surface area contributed by atoms with Crippen molar-refractivity contribution < 1.29 is 9.90 Å². The monoisotopic (exact) mass is 196 g/mol. The summed E-state index contributed by atoms with van der Waals surface area (Å²) in [4.78, 5) is 9.25. The third-order valence-electron chi connectivity index (χ3n) is 2.29. The fourth-order valence-electron chi connectivity index (χ4n) is 1.60. The van der Waals surface area contributed by atoms with E-state index in [0.29, 0.717) is 0 Å². The van der Waals surface area contributed by atoms with Crippen LogP contribution in [0.25, 0.3) is 0 Å². The van der Waals surface area contributed by atoms with E-state index in [9.17, 15) is 4.79 Å². The lowest BCUT2D eigenvalue weighted by molar-refractivity contribution is -0.131. The van der Waals surface area contributed by atoms with Gasteiger partial charge in [0.15, 0.2) is 0 Å². The van der Waals surface area contributed by atoms with Crippen LogP contribution >= 0.6 is 0 Å². The van der Waals surface area contributed by atoms with Crippen molar-refractivity contribution in [1.29, 1.82) is 0 Å². The molecule has 0 radical (unpaired) electrons. The van der Waals surface area contributed by atoms with Crippen LogP contribution in [0.2, 0.25) is 0 Å². The third-order valence-corrected chi connectivity index (χ3v) is 2.29.